The zero-order chi connectivity index (χ0) is 12.0. The summed E-state index contributed by atoms with van der Waals surface area (Å²) in [5.41, 5.74) is 0.517. The third kappa shape index (κ3) is 3.08. The van der Waals surface area contributed by atoms with E-state index in [4.69, 9.17) is 11.6 Å². The van der Waals surface area contributed by atoms with E-state index in [1.807, 2.05) is 4.90 Å². The predicted molar refractivity (Wildman–Crippen MR) is 66.5 cm³/mol. The molecule has 0 atom stereocenters. The van der Waals surface area contributed by atoms with Crippen molar-refractivity contribution in [2.45, 2.75) is 32.6 Å². The van der Waals surface area contributed by atoms with E-state index in [0.717, 1.165) is 25.9 Å². The van der Waals surface area contributed by atoms with Gasteiger partial charge in [-0.2, -0.15) is 0 Å². The second-order valence-electron chi connectivity index (χ2n) is 3.73. The third-order valence-electron chi connectivity index (χ3n) is 2.38. The molecule has 0 bridgehead atoms. The largest absolute Gasteiger partial charge is 0.354 e. The van der Waals surface area contributed by atoms with Gasteiger partial charge in [0.1, 0.15) is 0 Å². The summed E-state index contributed by atoms with van der Waals surface area (Å²) in [7, 11) is 0. The summed E-state index contributed by atoms with van der Waals surface area (Å²) < 4.78 is 14.0. The minimum atomic E-state index is -0.278. The van der Waals surface area contributed by atoms with Crippen molar-refractivity contribution in [2.75, 3.05) is 18.0 Å². The first-order chi connectivity index (χ1) is 7.74. The maximum Gasteiger partial charge on any atom is 0.170 e. The number of alkyl halides is 1. The number of pyridine rings is 1. The Labute approximate surface area is 101 Å². The number of hydrogen-bond donors (Lipinski definition) is 0. The molecule has 0 fully saturated rings. The number of anilines is 1. The van der Waals surface area contributed by atoms with Crippen molar-refractivity contribution < 1.29 is 4.39 Å². The Morgan fingerprint density at radius 2 is 1.94 bits per heavy atom. The highest BCUT2D eigenvalue weighted by Gasteiger charge is 2.14. The van der Waals surface area contributed by atoms with Gasteiger partial charge in [-0.3, -0.25) is 0 Å². The van der Waals surface area contributed by atoms with Crippen molar-refractivity contribution >= 4 is 17.4 Å². The van der Waals surface area contributed by atoms with E-state index >= 15 is 0 Å². The maximum absolute atomic E-state index is 14.0. The van der Waals surface area contributed by atoms with Crippen LogP contribution in [0.25, 0.3) is 0 Å². The van der Waals surface area contributed by atoms with Crippen LogP contribution in [0.5, 0.6) is 0 Å². The first-order valence-corrected chi connectivity index (χ1v) is 6.22. The van der Waals surface area contributed by atoms with Gasteiger partial charge in [-0.05, 0) is 18.9 Å². The molecule has 1 rings (SSSR count). The fourth-order valence-corrected chi connectivity index (χ4v) is 1.86. The molecule has 90 valence electrons. The van der Waals surface area contributed by atoms with Crippen LogP contribution in [0.15, 0.2) is 12.3 Å². The van der Waals surface area contributed by atoms with Gasteiger partial charge >= 0.3 is 0 Å². The first kappa shape index (κ1) is 13.2. The number of hydrogen-bond acceptors (Lipinski definition) is 2. The molecule has 1 aromatic heterocycles. The van der Waals surface area contributed by atoms with Crippen molar-refractivity contribution in [3.05, 3.63) is 23.6 Å². The molecule has 0 spiro atoms. The molecule has 1 aromatic rings. The average Bonchev–Trinajstić information content (AvgIpc) is 2.29. The fourth-order valence-electron chi connectivity index (χ4n) is 1.66. The Kier molecular flexibility index (Phi) is 5.53. The van der Waals surface area contributed by atoms with Crippen molar-refractivity contribution in [1.82, 2.24) is 4.98 Å². The smallest absolute Gasteiger partial charge is 0.170 e. The van der Waals surface area contributed by atoms with Gasteiger partial charge in [0.2, 0.25) is 0 Å². The molecule has 0 N–H and O–H groups in total. The molecule has 16 heavy (non-hydrogen) atoms. The summed E-state index contributed by atoms with van der Waals surface area (Å²) in [5, 5.41) is 0. The summed E-state index contributed by atoms with van der Waals surface area (Å²) >= 11 is 5.68. The second-order valence-corrected chi connectivity index (χ2v) is 4.00. The predicted octanol–water partition coefficient (Wildman–Crippen LogP) is 3.59. The minimum absolute atomic E-state index is 0.188. The lowest BCUT2D eigenvalue weighted by atomic mass is 10.2. The lowest BCUT2D eigenvalue weighted by Gasteiger charge is -2.23. The van der Waals surface area contributed by atoms with Crippen LogP contribution in [0.4, 0.5) is 10.2 Å². The van der Waals surface area contributed by atoms with Crippen molar-refractivity contribution in [2.24, 2.45) is 0 Å². The zero-order valence-corrected chi connectivity index (χ0v) is 10.6. The van der Waals surface area contributed by atoms with E-state index in [0.29, 0.717) is 11.4 Å². The molecule has 0 saturated heterocycles. The molecule has 0 aliphatic carbocycles. The van der Waals surface area contributed by atoms with Gasteiger partial charge in [-0.25, -0.2) is 9.37 Å². The zero-order valence-electron chi connectivity index (χ0n) is 9.84. The molecule has 0 aromatic carbocycles. The Morgan fingerprint density at radius 3 is 2.44 bits per heavy atom. The van der Waals surface area contributed by atoms with Crippen molar-refractivity contribution in [3.63, 3.8) is 0 Å². The van der Waals surface area contributed by atoms with Gasteiger partial charge in [0.05, 0.1) is 5.88 Å². The van der Waals surface area contributed by atoms with Gasteiger partial charge in [0.25, 0.3) is 0 Å². The Balaban J connectivity index is 2.98. The molecule has 0 aliphatic heterocycles. The highest BCUT2D eigenvalue weighted by molar-refractivity contribution is 6.17. The van der Waals surface area contributed by atoms with Crippen LogP contribution in [-0.4, -0.2) is 18.1 Å². The van der Waals surface area contributed by atoms with Gasteiger partial charge in [0, 0.05) is 24.8 Å². The molecule has 1 heterocycles. The van der Waals surface area contributed by atoms with Crippen LogP contribution in [0.2, 0.25) is 0 Å². The van der Waals surface area contributed by atoms with E-state index in [9.17, 15) is 4.39 Å². The topological polar surface area (TPSA) is 16.1 Å². The number of nitrogens with zero attached hydrogens (tertiary/aromatic N) is 2. The molecule has 4 heteroatoms. The number of halogens is 2. The SMILES string of the molecule is CCCN(CCC)c1nccc(CCl)c1F. The number of aromatic nitrogens is 1. The van der Waals surface area contributed by atoms with Crippen LogP contribution in [0, 0.1) is 5.82 Å². The van der Waals surface area contributed by atoms with Crippen LogP contribution >= 0.6 is 11.6 Å². The quantitative estimate of drug-likeness (QED) is 0.711. The van der Waals surface area contributed by atoms with Gasteiger partial charge in [-0.15, -0.1) is 11.6 Å². The third-order valence-corrected chi connectivity index (χ3v) is 2.67. The van der Waals surface area contributed by atoms with Crippen LogP contribution in [-0.2, 0) is 5.88 Å². The average molecular weight is 245 g/mol. The van der Waals surface area contributed by atoms with Gasteiger partial charge in [-0.1, -0.05) is 13.8 Å². The second kappa shape index (κ2) is 6.69. The molecule has 0 radical (unpaired) electrons. The summed E-state index contributed by atoms with van der Waals surface area (Å²) in [5.74, 6) is 0.342. The van der Waals surface area contributed by atoms with E-state index in [1.165, 1.54) is 0 Å². The Hall–Kier alpha value is -0.830. The molecular weight excluding hydrogens is 227 g/mol. The highest BCUT2D eigenvalue weighted by atomic mass is 35.5. The monoisotopic (exact) mass is 244 g/mol. The lowest BCUT2D eigenvalue weighted by Crippen LogP contribution is -2.27. The van der Waals surface area contributed by atoms with E-state index in [-0.39, 0.29) is 11.7 Å². The van der Waals surface area contributed by atoms with Gasteiger partial charge < -0.3 is 4.90 Å². The normalized spacial score (nSPS) is 10.5. The van der Waals surface area contributed by atoms with Crippen molar-refractivity contribution in [1.29, 1.82) is 0 Å². The molecule has 0 aliphatic rings. The Bertz CT molecular complexity index is 325. The molecule has 0 saturated carbocycles. The van der Waals surface area contributed by atoms with Crippen LogP contribution in [0.1, 0.15) is 32.3 Å². The van der Waals surface area contributed by atoms with E-state index in [1.54, 1.807) is 12.3 Å². The van der Waals surface area contributed by atoms with Crippen molar-refractivity contribution in [3.8, 4) is 0 Å². The number of rotatable bonds is 6. The summed E-state index contributed by atoms with van der Waals surface area (Å²) in [6.07, 6.45) is 3.58. The molecular formula is C12H18ClFN2. The van der Waals surface area contributed by atoms with Crippen LogP contribution < -0.4 is 4.90 Å². The maximum atomic E-state index is 14.0. The Morgan fingerprint density at radius 1 is 1.31 bits per heavy atom. The summed E-state index contributed by atoms with van der Waals surface area (Å²) in [6.45, 7) is 5.80. The highest BCUT2D eigenvalue weighted by Crippen LogP contribution is 2.21. The summed E-state index contributed by atoms with van der Waals surface area (Å²) in [4.78, 5) is 6.09. The standard InChI is InChI=1S/C12H18ClFN2/c1-3-7-16(8-4-2)12-11(14)10(9-13)5-6-15-12/h5-6H,3-4,7-9H2,1-2H3. The fraction of sp³-hybridized carbons (Fsp3) is 0.583. The first-order valence-electron chi connectivity index (χ1n) is 5.68. The van der Waals surface area contributed by atoms with Crippen LogP contribution in [0.3, 0.4) is 0 Å². The summed E-state index contributed by atoms with van der Waals surface area (Å²) in [6, 6.07) is 1.63. The van der Waals surface area contributed by atoms with E-state index in [2.05, 4.69) is 18.8 Å². The minimum Gasteiger partial charge on any atom is -0.354 e. The lowest BCUT2D eigenvalue weighted by molar-refractivity contribution is 0.595. The van der Waals surface area contributed by atoms with Gasteiger partial charge in [0.15, 0.2) is 11.6 Å². The molecule has 0 amide bonds. The molecule has 2 nitrogen and oxygen atoms in total. The van der Waals surface area contributed by atoms with E-state index < -0.39 is 0 Å². The molecule has 0 unspecified atom stereocenters.